The second-order valence-electron chi connectivity index (χ2n) is 2.16. The molecule has 2 heteroatoms. The van der Waals surface area contributed by atoms with Gasteiger partial charge in [-0.1, -0.05) is 0 Å². The van der Waals surface area contributed by atoms with Gasteiger partial charge in [-0.15, -0.1) is 0 Å². The van der Waals surface area contributed by atoms with Crippen LogP contribution in [0.1, 0.15) is 15.9 Å². The van der Waals surface area contributed by atoms with Gasteiger partial charge >= 0.3 is 67.8 Å². The summed E-state index contributed by atoms with van der Waals surface area (Å²) in [4.78, 5) is 10.7. The van der Waals surface area contributed by atoms with Gasteiger partial charge < -0.3 is 0 Å². The normalized spacial score (nSPS) is 9.30. The number of carbonyl (C=O) groups is 1. The van der Waals surface area contributed by atoms with Crippen molar-refractivity contribution in [3.05, 3.63) is 35.4 Å². The Morgan fingerprint density at radius 3 is 2.60 bits per heavy atom. The van der Waals surface area contributed by atoms with Crippen molar-refractivity contribution in [1.82, 2.24) is 0 Å². The molecule has 0 aliphatic carbocycles. The fourth-order valence-corrected chi connectivity index (χ4v) is 1.04. The fourth-order valence-electron chi connectivity index (χ4n) is 0.772. The third-order valence-electron chi connectivity index (χ3n) is 1.25. The van der Waals surface area contributed by atoms with E-state index in [9.17, 15) is 4.79 Å². The molecule has 1 nitrogen and oxygen atoms in total. The van der Waals surface area contributed by atoms with Crippen LogP contribution >= 0.6 is 0 Å². The average molecular weight is 198 g/mol. The third kappa shape index (κ3) is 1.69. The molecule has 0 aliphatic rings. The van der Waals surface area contributed by atoms with E-state index in [1.807, 2.05) is 25.1 Å². The maximum absolute atomic E-state index is 10.7. The van der Waals surface area contributed by atoms with Gasteiger partial charge in [-0.3, -0.25) is 0 Å². The van der Waals surface area contributed by atoms with Crippen LogP contribution in [0.5, 0.6) is 0 Å². The Balaban J connectivity index is 3.07. The van der Waals surface area contributed by atoms with Gasteiger partial charge in [-0.25, -0.2) is 0 Å². The Labute approximate surface area is 68.3 Å². The molecular formula is C8H7OSe. The molecular weight excluding hydrogens is 191 g/mol. The maximum atomic E-state index is 10.7. The molecule has 51 valence electrons. The van der Waals surface area contributed by atoms with Crippen molar-refractivity contribution < 1.29 is 4.79 Å². The molecule has 0 spiro atoms. The zero-order valence-electron chi connectivity index (χ0n) is 5.63. The molecule has 0 saturated carbocycles. The predicted octanol–water partition coefficient (Wildman–Crippen LogP) is 1.30. The van der Waals surface area contributed by atoms with Gasteiger partial charge in [0.15, 0.2) is 0 Å². The number of hydrogen-bond donors (Lipinski definition) is 0. The van der Waals surface area contributed by atoms with Crippen LogP contribution in [-0.2, 0) is 0 Å². The summed E-state index contributed by atoms with van der Waals surface area (Å²) >= 11 is 2.44. The van der Waals surface area contributed by atoms with Crippen LogP contribution in [0, 0.1) is 6.92 Å². The molecule has 1 aromatic rings. The molecule has 0 amide bonds. The first-order valence-corrected chi connectivity index (χ1v) is 3.84. The molecule has 1 radical (unpaired) electrons. The van der Waals surface area contributed by atoms with Crippen molar-refractivity contribution >= 4 is 20.7 Å². The van der Waals surface area contributed by atoms with Gasteiger partial charge in [0.2, 0.25) is 0 Å². The molecule has 10 heavy (non-hydrogen) atoms. The number of carbonyl (C=O) groups excluding carboxylic acids is 1. The van der Waals surface area contributed by atoms with E-state index in [1.165, 1.54) is 0 Å². The van der Waals surface area contributed by atoms with Crippen molar-refractivity contribution in [3.63, 3.8) is 0 Å². The standard InChI is InChI=1S/C8H7OSe/c1-6-3-2-4-7(5-6)8(9)10/h2-5H,1H3. The summed E-state index contributed by atoms with van der Waals surface area (Å²) in [5.74, 6) is 0. The van der Waals surface area contributed by atoms with Gasteiger partial charge in [-0.2, -0.15) is 0 Å². The number of rotatable bonds is 1. The van der Waals surface area contributed by atoms with E-state index in [0.29, 0.717) is 0 Å². The summed E-state index contributed by atoms with van der Waals surface area (Å²) < 4.78 is 0.00343. The van der Waals surface area contributed by atoms with Crippen molar-refractivity contribution in [2.24, 2.45) is 0 Å². The Kier molecular flexibility index (Phi) is 2.25. The summed E-state index contributed by atoms with van der Waals surface area (Å²) in [6, 6.07) is 7.50. The van der Waals surface area contributed by atoms with Crippen LogP contribution in [0.25, 0.3) is 0 Å². The number of benzene rings is 1. The fraction of sp³-hybridized carbons (Fsp3) is 0.125. The van der Waals surface area contributed by atoms with Crippen molar-refractivity contribution in [2.75, 3.05) is 0 Å². The topological polar surface area (TPSA) is 17.1 Å². The second kappa shape index (κ2) is 3.00. The summed E-state index contributed by atoms with van der Waals surface area (Å²) in [6.45, 7) is 1.96. The van der Waals surface area contributed by atoms with Crippen molar-refractivity contribution in [3.8, 4) is 0 Å². The number of hydrogen-bond acceptors (Lipinski definition) is 1. The Hall–Kier alpha value is -0.591. The van der Waals surface area contributed by atoms with E-state index in [2.05, 4.69) is 16.0 Å². The van der Waals surface area contributed by atoms with E-state index in [0.717, 1.165) is 11.1 Å². The van der Waals surface area contributed by atoms with Crippen LogP contribution < -0.4 is 0 Å². The Morgan fingerprint density at radius 2 is 2.20 bits per heavy atom. The van der Waals surface area contributed by atoms with Gasteiger partial charge in [0.1, 0.15) is 0 Å². The van der Waals surface area contributed by atoms with Crippen LogP contribution in [0.3, 0.4) is 0 Å². The first-order chi connectivity index (χ1) is 4.70. The van der Waals surface area contributed by atoms with E-state index in [4.69, 9.17) is 0 Å². The molecule has 0 saturated heterocycles. The second-order valence-corrected chi connectivity index (χ2v) is 2.93. The first-order valence-electron chi connectivity index (χ1n) is 2.98. The average Bonchev–Trinajstić information content (AvgIpc) is 1.88. The molecule has 0 aliphatic heterocycles. The van der Waals surface area contributed by atoms with Crippen LogP contribution in [0.4, 0.5) is 0 Å². The minimum atomic E-state index is 0.00343. The summed E-state index contributed by atoms with van der Waals surface area (Å²) in [5, 5.41) is 0. The van der Waals surface area contributed by atoms with Gasteiger partial charge in [0, 0.05) is 0 Å². The molecule has 0 heterocycles. The van der Waals surface area contributed by atoms with E-state index >= 15 is 0 Å². The predicted molar refractivity (Wildman–Crippen MR) is 41.3 cm³/mol. The van der Waals surface area contributed by atoms with Gasteiger partial charge in [0.05, 0.1) is 0 Å². The van der Waals surface area contributed by atoms with E-state index in [1.54, 1.807) is 6.07 Å². The van der Waals surface area contributed by atoms with Gasteiger partial charge in [-0.05, 0) is 0 Å². The molecule has 0 unspecified atom stereocenters. The Morgan fingerprint density at radius 1 is 1.50 bits per heavy atom. The molecule has 0 atom stereocenters. The first kappa shape index (κ1) is 7.52. The van der Waals surface area contributed by atoms with E-state index < -0.39 is 0 Å². The minimum absolute atomic E-state index is 0.00343. The zero-order chi connectivity index (χ0) is 7.56. The summed E-state index contributed by atoms with van der Waals surface area (Å²) in [7, 11) is 0. The van der Waals surface area contributed by atoms with Gasteiger partial charge in [0.25, 0.3) is 0 Å². The number of aryl methyl sites for hydroxylation is 1. The zero-order valence-corrected chi connectivity index (χ0v) is 7.34. The van der Waals surface area contributed by atoms with Crippen LogP contribution in [0.15, 0.2) is 24.3 Å². The van der Waals surface area contributed by atoms with E-state index in [-0.39, 0.29) is 4.68 Å². The molecule has 1 aromatic carbocycles. The summed E-state index contributed by atoms with van der Waals surface area (Å²) in [6.07, 6.45) is 0. The summed E-state index contributed by atoms with van der Waals surface area (Å²) in [5.41, 5.74) is 1.85. The molecule has 0 N–H and O–H groups in total. The SMILES string of the molecule is Cc1cccc(C(=O)[Se])c1. The molecule has 0 aromatic heterocycles. The molecule has 0 fully saturated rings. The van der Waals surface area contributed by atoms with Crippen LogP contribution in [-0.4, -0.2) is 20.7 Å². The van der Waals surface area contributed by atoms with Crippen LogP contribution in [0.2, 0.25) is 0 Å². The third-order valence-corrected chi connectivity index (χ3v) is 1.75. The Bertz CT molecular complexity index is 255. The quantitative estimate of drug-likeness (QED) is 0.621. The van der Waals surface area contributed by atoms with Crippen molar-refractivity contribution in [2.45, 2.75) is 6.92 Å². The molecule has 1 rings (SSSR count). The monoisotopic (exact) mass is 199 g/mol. The van der Waals surface area contributed by atoms with Crippen molar-refractivity contribution in [1.29, 1.82) is 0 Å². The molecule has 0 bridgehead atoms.